The van der Waals surface area contributed by atoms with Crippen LogP contribution >= 0.6 is 0 Å². The minimum Gasteiger partial charge on any atom is -0.455 e. The lowest BCUT2D eigenvalue weighted by Crippen LogP contribution is -2.60. The summed E-state index contributed by atoms with van der Waals surface area (Å²) < 4.78 is 5.32. The van der Waals surface area contributed by atoms with Crippen LogP contribution in [0.5, 0.6) is 0 Å². The molecule has 160 valence electrons. The van der Waals surface area contributed by atoms with Gasteiger partial charge in [0.2, 0.25) is 5.91 Å². The van der Waals surface area contributed by atoms with Gasteiger partial charge in [0.25, 0.3) is 5.91 Å². The van der Waals surface area contributed by atoms with Crippen LogP contribution in [0.3, 0.4) is 0 Å². The van der Waals surface area contributed by atoms with Crippen molar-refractivity contribution in [2.45, 2.75) is 57.4 Å². The fraction of sp³-hybridized carbons (Fsp3) is 0.625. The number of nitrogens with zero attached hydrogens (tertiary/aromatic N) is 1. The molecule has 30 heavy (non-hydrogen) atoms. The lowest BCUT2D eigenvalue weighted by atomic mass is 9.53. The Kier molecular flexibility index (Phi) is 4.83. The van der Waals surface area contributed by atoms with E-state index in [2.05, 4.69) is 5.32 Å². The van der Waals surface area contributed by atoms with E-state index in [1.807, 2.05) is 31.2 Å². The van der Waals surface area contributed by atoms with Gasteiger partial charge < -0.3 is 15.0 Å². The summed E-state index contributed by atoms with van der Waals surface area (Å²) in [5.41, 5.74) is 1.83. The first-order valence-corrected chi connectivity index (χ1v) is 11.2. The van der Waals surface area contributed by atoms with E-state index in [-0.39, 0.29) is 30.4 Å². The Labute approximate surface area is 177 Å². The minimum absolute atomic E-state index is 0.0796. The molecule has 1 aliphatic heterocycles. The van der Waals surface area contributed by atoms with Crippen molar-refractivity contribution in [2.75, 3.05) is 18.1 Å². The van der Waals surface area contributed by atoms with Crippen LogP contribution < -0.4 is 10.2 Å². The van der Waals surface area contributed by atoms with Crippen molar-refractivity contribution >= 4 is 23.5 Å². The molecule has 6 heteroatoms. The summed E-state index contributed by atoms with van der Waals surface area (Å²) in [4.78, 5) is 39.1. The fourth-order valence-electron chi connectivity index (χ4n) is 6.69. The average molecular weight is 411 g/mol. The first kappa shape index (κ1) is 19.6. The average Bonchev–Trinajstić information content (AvgIpc) is 3.07. The predicted octanol–water partition coefficient (Wildman–Crippen LogP) is 2.98. The molecule has 4 aliphatic carbocycles. The van der Waals surface area contributed by atoms with E-state index >= 15 is 0 Å². The first-order valence-electron chi connectivity index (χ1n) is 11.2. The van der Waals surface area contributed by atoms with Gasteiger partial charge in [-0.2, -0.15) is 0 Å². The fourth-order valence-corrected chi connectivity index (χ4v) is 6.69. The number of rotatable bonds is 5. The summed E-state index contributed by atoms with van der Waals surface area (Å²) in [5.74, 6) is 0.970. The number of anilines is 1. The second-order valence-electron chi connectivity index (χ2n) is 10.1. The Balaban J connectivity index is 1.13. The maximum atomic E-state index is 12.6. The summed E-state index contributed by atoms with van der Waals surface area (Å²) in [5, 5.41) is 3.23. The third kappa shape index (κ3) is 3.72. The standard InChI is InChI=1S/C24H30N2O4/c1-15-2-4-20(5-3-15)26-13-19(9-22(26)28)23(29)30-14-21(27)25-24-10-16-6-17(11-24)8-18(7-16)12-24/h2-5,16-19H,6-14H2,1H3,(H,25,27)/t16?,17?,18?,19-,24?/m1/s1. The lowest BCUT2D eigenvalue weighted by Gasteiger charge is -2.56. The van der Waals surface area contributed by atoms with E-state index in [1.54, 1.807) is 4.90 Å². The first-order chi connectivity index (χ1) is 14.4. The molecular formula is C24H30N2O4. The van der Waals surface area contributed by atoms with E-state index < -0.39 is 11.9 Å². The van der Waals surface area contributed by atoms with Crippen molar-refractivity contribution in [2.24, 2.45) is 23.7 Å². The van der Waals surface area contributed by atoms with Gasteiger partial charge in [0.05, 0.1) is 5.92 Å². The Morgan fingerprint density at radius 3 is 2.27 bits per heavy atom. The number of carbonyl (C=O) groups excluding carboxylic acids is 3. The molecule has 2 amide bonds. The van der Waals surface area contributed by atoms with Crippen LogP contribution in [0.1, 0.15) is 50.5 Å². The van der Waals surface area contributed by atoms with Crippen LogP contribution in [0.15, 0.2) is 24.3 Å². The second-order valence-corrected chi connectivity index (χ2v) is 10.1. The zero-order valence-corrected chi connectivity index (χ0v) is 17.6. The smallest absolute Gasteiger partial charge is 0.311 e. The topological polar surface area (TPSA) is 75.7 Å². The van der Waals surface area contributed by atoms with Crippen molar-refractivity contribution in [1.82, 2.24) is 5.32 Å². The molecule has 1 aromatic carbocycles. The van der Waals surface area contributed by atoms with E-state index in [4.69, 9.17) is 4.74 Å². The van der Waals surface area contributed by atoms with Crippen molar-refractivity contribution in [3.8, 4) is 0 Å². The quantitative estimate of drug-likeness (QED) is 0.758. The van der Waals surface area contributed by atoms with Gasteiger partial charge >= 0.3 is 5.97 Å². The highest BCUT2D eigenvalue weighted by molar-refractivity contribution is 5.99. The van der Waals surface area contributed by atoms with Gasteiger partial charge in [-0.25, -0.2) is 0 Å². The molecule has 1 heterocycles. The van der Waals surface area contributed by atoms with Crippen molar-refractivity contribution in [3.63, 3.8) is 0 Å². The highest BCUT2D eigenvalue weighted by Crippen LogP contribution is 2.55. The molecule has 0 aromatic heterocycles. The molecule has 0 unspecified atom stereocenters. The molecule has 6 rings (SSSR count). The maximum absolute atomic E-state index is 12.6. The Morgan fingerprint density at radius 1 is 1.07 bits per heavy atom. The summed E-state index contributed by atoms with van der Waals surface area (Å²) in [6.07, 6.45) is 7.29. The molecule has 4 bridgehead atoms. The number of amides is 2. The molecule has 6 nitrogen and oxygen atoms in total. The van der Waals surface area contributed by atoms with Gasteiger partial charge in [0.1, 0.15) is 0 Å². The van der Waals surface area contributed by atoms with Crippen LogP contribution in [-0.2, 0) is 19.1 Å². The summed E-state index contributed by atoms with van der Waals surface area (Å²) >= 11 is 0. The number of hydrogen-bond acceptors (Lipinski definition) is 4. The second kappa shape index (κ2) is 7.40. The van der Waals surface area contributed by atoms with Crippen LogP contribution in [0, 0.1) is 30.6 Å². The molecule has 1 N–H and O–H groups in total. The predicted molar refractivity (Wildman–Crippen MR) is 112 cm³/mol. The molecule has 0 spiro atoms. The van der Waals surface area contributed by atoms with Crippen LogP contribution in [0.4, 0.5) is 5.69 Å². The van der Waals surface area contributed by atoms with Gasteiger partial charge in [-0.3, -0.25) is 14.4 Å². The van der Waals surface area contributed by atoms with E-state index in [0.717, 1.165) is 48.3 Å². The van der Waals surface area contributed by atoms with E-state index in [9.17, 15) is 14.4 Å². The molecular weight excluding hydrogens is 380 g/mol. The molecule has 4 saturated carbocycles. The zero-order valence-electron chi connectivity index (χ0n) is 17.6. The lowest BCUT2D eigenvalue weighted by molar-refractivity contribution is -0.153. The number of esters is 1. The van der Waals surface area contributed by atoms with Gasteiger partial charge in [0.15, 0.2) is 6.61 Å². The Hall–Kier alpha value is -2.37. The summed E-state index contributed by atoms with van der Waals surface area (Å²) in [6.45, 7) is 2.04. The number of hydrogen-bond donors (Lipinski definition) is 1. The minimum atomic E-state index is -0.522. The largest absolute Gasteiger partial charge is 0.455 e. The number of ether oxygens (including phenoxy) is 1. The monoisotopic (exact) mass is 410 g/mol. The van der Waals surface area contributed by atoms with Gasteiger partial charge in [0, 0.05) is 24.2 Å². The molecule has 1 saturated heterocycles. The zero-order chi connectivity index (χ0) is 20.9. The number of aryl methyl sites for hydroxylation is 1. The highest BCUT2D eigenvalue weighted by Gasteiger charge is 2.51. The van der Waals surface area contributed by atoms with E-state index in [0.29, 0.717) is 6.54 Å². The SMILES string of the molecule is Cc1ccc(N2C[C@H](C(=O)OCC(=O)NC34CC5CC(CC(C5)C3)C4)CC2=O)cc1. The summed E-state index contributed by atoms with van der Waals surface area (Å²) in [7, 11) is 0. The van der Waals surface area contributed by atoms with Crippen LogP contribution in [0.2, 0.25) is 0 Å². The molecule has 5 aliphatic rings. The van der Waals surface area contributed by atoms with E-state index in [1.165, 1.54) is 19.3 Å². The number of nitrogens with one attached hydrogen (secondary N) is 1. The molecule has 0 radical (unpaired) electrons. The number of carbonyl (C=O) groups is 3. The number of benzene rings is 1. The molecule has 1 atom stereocenters. The normalized spacial score (nSPS) is 34.3. The van der Waals surface area contributed by atoms with Crippen LogP contribution in [0.25, 0.3) is 0 Å². The van der Waals surface area contributed by atoms with Crippen molar-refractivity contribution in [1.29, 1.82) is 0 Å². The highest BCUT2D eigenvalue weighted by atomic mass is 16.5. The molecule has 1 aromatic rings. The van der Waals surface area contributed by atoms with Crippen molar-refractivity contribution in [3.05, 3.63) is 29.8 Å². The van der Waals surface area contributed by atoms with Crippen LogP contribution in [-0.4, -0.2) is 36.5 Å². The third-order valence-electron chi connectivity index (χ3n) is 7.59. The van der Waals surface area contributed by atoms with Gasteiger partial charge in [-0.05, 0) is 75.3 Å². The van der Waals surface area contributed by atoms with Crippen molar-refractivity contribution < 1.29 is 19.1 Å². The van der Waals surface area contributed by atoms with Gasteiger partial charge in [-0.15, -0.1) is 0 Å². The Bertz CT molecular complexity index is 827. The third-order valence-corrected chi connectivity index (χ3v) is 7.59. The van der Waals surface area contributed by atoms with Gasteiger partial charge in [-0.1, -0.05) is 17.7 Å². The summed E-state index contributed by atoms with van der Waals surface area (Å²) in [6, 6.07) is 7.67. The maximum Gasteiger partial charge on any atom is 0.311 e. The molecule has 5 fully saturated rings. The Morgan fingerprint density at radius 2 is 1.67 bits per heavy atom.